The van der Waals surface area contributed by atoms with Gasteiger partial charge in [0.1, 0.15) is 6.61 Å². The summed E-state index contributed by atoms with van der Waals surface area (Å²) < 4.78 is 17.9. The maximum absolute atomic E-state index is 11.0. The van der Waals surface area contributed by atoms with Gasteiger partial charge in [-0.25, -0.2) is 4.79 Å². The molecule has 1 aliphatic heterocycles. The number of fused-ring (bicyclic) bond motifs is 2. The molecule has 31 heavy (non-hydrogen) atoms. The number of rotatable bonds is 6. The Labute approximate surface area is 183 Å². The van der Waals surface area contributed by atoms with Crippen LogP contribution in [0.2, 0.25) is 0 Å². The molecule has 2 aromatic carbocycles. The maximum atomic E-state index is 11.0. The minimum atomic E-state index is -0.937. The van der Waals surface area contributed by atoms with Crippen molar-refractivity contribution in [3.63, 3.8) is 0 Å². The summed E-state index contributed by atoms with van der Waals surface area (Å²) in [5.74, 6) is 2.47. The van der Waals surface area contributed by atoms with Crippen LogP contribution >= 0.6 is 0 Å². The number of carbonyl (C=O) groups is 1. The van der Waals surface area contributed by atoms with Gasteiger partial charge in [0.05, 0.1) is 25.4 Å². The van der Waals surface area contributed by atoms with Crippen LogP contribution in [0.15, 0.2) is 54.1 Å². The summed E-state index contributed by atoms with van der Waals surface area (Å²) in [6, 6.07) is 12.7. The molecule has 2 aliphatic rings. The number of hydrogen-bond acceptors (Lipinski definition) is 4. The molecule has 164 valence electrons. The molecular weight excluding hydrogens is 392 g/mol. The molecule has 1 saturated heterocycles. The van der Waals surface area contributed by atoms with Gasteiger partial charge in [0.15, 0.2) is 11.5 Å². The van der Waals surface area contributed by atoms with Crippen molar-refractivity contribution in [2.75, 3.05) is 13.7 Å². The standard InChI is InChI=1S/C26H30O5/c1-15-11-16(2)24-17(3)21(15)14-31-25(24)20-9-10-22(23(12-20)29-4)30-13-18-5-7-19(8-6-18)26(27)28/h5-12,15,17,21,24-25H,13-14H2,1-4H3,(H,27,28)/t15-,17+,21+,24-,25+/m0/s1. The first kappa shape index (κ1) is 21.4. The lowest BCUT2D eigenvalue weighted by Gasteiger charge is -2.47. The van der Waals surface area contributed by atoms with Crippen LogP contribution in [-0.4, -0.2) is 24.8 Å². The SMILES string of the molecule is COc1cc([C@H]2OC[C@H]3[C@@H](C)[C@@H]2C(C)=C[C@@H]3C)ccc1OCc1ccc(C(=O)O)cc1. The number of aromatic carboxylic acids is 1. The Hall–Kier alpha value is -2.79. The van der Waals surface area contributed by atoms with Gasteiger partial charge >= 0.3 is 5.97 Å². The summed E-state index contributed by atoms with van der Waals surface area (Å²) in [6.45, 7) is 7.97. The van der Waals surface area contributed by atoms with Gasteiger partial charge in [0.25, 0.3) is 0 Å². The summed E-state index contributed by atoms with van der Waals surface area (Å²) >= 11 is 0. The average molecular weight is 423 g/mol. The highest BCUT2D eigenvalue weighted by Crippen LogP contribution is 2.50. The Bertz CT molecular complexity index is 978. The second-order valence-electron chi connectivity index (χ2n) is 8.77. The number of hydrogen-bond donors (Lipinski definition) is 1. The molecule has 1 N–H and O–H groups in total. The third kappa shape index (κ3) is 4.19. The highest BCUT2D eigenvalue weighted by atomic mass is 16.5. The number of carboxylic acids is 1. The number of benzene rings is 2. The van der Waals surface area contributed by atoms with Gasteiger partial charge in [0.2, 0.25) is 0 Å². The Morgan fingerprint density at radius 2 is 1.87 bits per heavy atom. The Kier molecular flexibility index (Phi) is 6.05. The molecule has 2 bridgehead atoms. The van der Waals surface area contributed by atoms with Crippen LogP contribution in [0.3, 0.4) is 0 Å². The van der Waals surface area contributed by atoms with E-state index in [9.17, 15) is 4.79 Å². The first-order valence-corrected chi connectivity index (χ1v) is 10.8. The van der Waals surface area contributed by atoms with Gasteiger partial charge in [0, 0.05) is 5.92 Å². The fourth-order valence-corrected chi connectivity index (χ4v) is 5.13. The van der Waals surface area contributed by atoms with E-state index < -0.39 is 5.97 Å². The molecule has 0 amide bonds. The van der Waals surface area contributed by atoms with Crippen molar-refractivity contribution in [2.45, 2.75) is 33.5 Å². The Morgan fingerprint density at radius 1 is 1.13 bits per heavy atom. The fourth-order valence-electron chi connectivity index (χ4n) is 5.13. The lowest BCUT2D eigenvalue weighted by Crippen LogP contribution is -2.42. The summed E-state index contributed by atoms with van der Waals surface area (Å²) in [5.41, 5.74) is 3.66. The van der Waals surface area contributed by atoms with E-state index >= 15 is 0 Å². The number of ether oxygens (including phenoxy) is 3. The minimum absolute atomic E-state index is 0.0153. The molecule has 5 heteroatoms. The van der Waals surface area contributed by atoms with E-state index in [-0.39, 0.29) is 11.7 Å². The molecule has 0 unspecified atom stereocenters. The molecule has 5 nitrogen and oxygen atoms in total. The molecule has 0 spiro atoms. The summed E-state index contributed by atoms with van der Waals surface area (Å²) in [5, 5.41) is 9.02. The Morgan fingerprint density at radius 3 is 2.55 bits per heavy atom. The van der Waals surface area contributed by atoms with E-state index in [2.05, 4.69) is 32.9 Å². The normalized spacial score (nSPS) is 27.4. The highest BCUT2D eigenvalue weighted by molar-refractivity contribution is 5.87. The predicted octanol–water partition coefficient (Wildman–Crippen LogP) is 5.51. The van der Waals surface area contributed by atoms with E-state index in [4.69, 9.17) is 19.3 Å². The fraction of sp³-hybridized carbons (Fsp3) is 0.423. The largest absolute Gasteiger partial charge is 0.493 e. The molecule has 2 aromatic rings. The monoisotopic (exact) mass is 422 g/mol. The molecule has 0 saturated carbocycles. The minimum Gasteiger partial charge on any atom is -0.493 e. The zero-order valence-electron chi connectivity index (χ0n) is 18.5. The van der Waals surface area contributed by atoms with Crippen molar-refractivity contribution in [1.29, 1.82) is 0 Å². The lowest BCUT2D eigenvalue weighted by molar-refractivity contribution is -0.0935. The van der Waals surface area contributed by atoms with Gasteiger partial charge in [-0.3, -0.25) is 0 Å². The number of allylic oxidation sites excluding steroid dienone is 1. The first-order valence-electron chi connectivity index (χ1n) is 10.8. The zero-order valence-corrected chi connectivity index (χ0v) is 18.5. The molecule has 0 radical (unpaired) electrons. The lowest BCUT2D eigenvalue weighted by atomic mass is 9.64. The van der Waals surface area contributed by atoms with E-state index in [1.807, 2.05) is 12.1 Å². The van der Waals surface area contributed by atoms with E-state index in [1.165, 1.54) is 5.57 Å². The van der Waals surface area contributed by atoms with E-state index in [1.54, 1.807) is 31.4 Å². The van der Waals surface area contributed by atoms with Gasteiger partial charge < -0.3 is 19.3 Å². The average Bonchev–Trinajstić information content (AvgIpc) is 2.76. The topological polar surface area (TPSA) is 65.0 Å². The van der Waals surface area contributed by atoms with Crippen LogP contribution in [0.1, 0.15) is 48.4 Å². The quantitative estimate of drug-likeness (QED) is 0.622. The van der Waals surface area contributed by atoms with E-state index in [0.29, 0.717) is 41.8 Å². The molecule has 0 aromatic heterocycles. The van der Waals surface area contributed by atoms with Crippen LogP contribution in [-0.2, 0) is 11.3 Å². The van der Waals surface area contributed by atoms with Gasteiger partial charge in [-0.15, -0.1) is 0 Å². The first-order chi connectivity index (χ1) is 14.9. The van der Waals surface area contributed by atoms with Crippen LogP contribution in [0.5, 0.6) is 11.5 Å². The third-order valence-corrected chi connectivity index (χ3v) is 6.87. The molecule has 1 fully saturated rings. The summed E-state index contributed by atoms with van der Waals surface area (Å²) in [6.07, 6.45) is 2.43. The summed E-state index contributed by atoms with van der Waals surface area (Å²) in [7, 11) is 1.64. The molecule has 4 rings (SSSR count). The molecule has 5 atom stereocenters. The van der Waals surface area contributed by atoms with Gasteiger partial charge in [-0.1, -0.05) is 43.7 Å². The highest BCUT2D eigenvalue weighted by Gasteiger charge is 2.43. The number of methoxy groups -OCH3 is 1. The van der Waals surface area contributed by atoms with E-state index in [0.717, 1.165) is 17.7 Å². The maximum Gasteiger partial charge on any atom is 0.335 e. The zero-order chi connectivity index (χ0) is 22.1. The second kappa shape index (κ2) is 8.75. The number of carboxylic acid groups (broad SMARTS) is 1. The van der Waals surface area contributed by atoms with Crippen molar-refractivity contribution in [3.05, 3.63) is 70.8 Å². The van der Waals surface area contributed by atoms with Gasteiger partial charge in [-0.05, 0) is 60.1 Å². The van der Waals surface area contributed by atoms with Crippen molar-refractivity contribution >= 4 is 5.97 Å². The predicted molar refractivity (Wildman–Crippen MR) is 118 cm³/mol. The Balaban J connectivity index is 1.52. The van der Waals surface area contributed by atoms with Crippen molar-refractivity contribution in [1.82, 2.24) is 0 Å². The van der Waals surface area contributed by atoms with Crippen molar-refractivity contribution in [3.8, 4) is 11.5 Å². The van der Waals surface area contributed by atoms with Crippen LogP contribution in [0.25, 0.3) is 0 Å². The summed E-state index contributed by atoms with van der Waals surface area (Å²) in [4.78, 5) is 11.0. The van der Waals surface area contributed by atoms with Crippen LogP contribution in [0.4, 0.5) is 0 Å². The molecule has 1 heterocycles. The smallest absolute Gasteiger partial charge is 0.335 e. The second-order valence-corrected chi connectivity index (χ2v) is 8.77. The molecule has 1 aliphatic carbocycles. The molecular formula is C26H30O5. The van der Waals surface area contributed by atoms with Crippen molar-refractivity contribution < 1.29 is 24.1 Å². The third-order valence-electron chi connectivity index (χ3n) is 6.87. The van der Waals surface area contributed by atoms with Crippen molar-refractivity contribution in [2.24, 2.45) is 23.7 Å². The van der Waals surface area contributed by atoms with Crippen LogP contribution < -0.4 is 9.47 Å². The van der Waals surface area contributed by atoms with Crippen LogP contribution in [0, 0.1) is 23.7 Å². The van der Waals surface area contributed by atoms with Gasteiger partial charge in [-0.2, -0.15) is 0 Å².